The van der Waals surface area contributed by atoms with Crippen molar-refractivity contribution in [1.29, 1.82) is 0 Å². The standard InChI is InChI=1S/C24H24FN5O3/c1-15-7-8-19(14-21(15)30(32)33)24(31)29-11-9-28(10-12-29)23-16(2)17(3)26-22(27-23)18-5-4-6-20(25)13-18/h4-8,13-14H,9-12H2,1-3H3. The molecule has 0 N–H and O–H groups in total. The predicted molar refractivity (Wildman–Crippen MR) is 123 cm³/mol. The van der Waals surface area contributed by atoms with Crippen molar-refractivity contribution < 1.29 is 14.1 Å². The lowest BCUT2D eigenvalue weighted by Gasteiger charge is -2.36. The molecule has 1 fully saturated rings. The molecule has 4 rings (SSSR count). The van der Waals surface area contributed by atoms with Crippen LogP contribution in [0.3, 0.4) is 0 Å². The molecular formula is C24H24FN5O3. The second-order valence-corrected chi connectivity index (χ2v) is 8.13. The van der Waals surface area contributed by atoms with Gasteiger partial charge in [0.1, 0.15) is 11.6 Å². The zero-order valence-electron chi connectivity index (χ0n) is 18.7. The minimum atomic E-state index is -0.472. The van der Waals surface area contributed by atoms with Crippen LogP contribution >= 0.6 is 0 Å². The number of carbonyl (C=O) groups excluding carboxylic acids is 1. The van der Waals surface area contributed by atoms with E-state index in [-0.39, 0.29) is 17.4 Å². The number of carbonyl (C=O) groups is 1. The van der Waals surface area contributed by atoms with Crippen LogP contribution in [0.25, 0.3) is 11.4 Å². The summed E-state index contributed by atoms with van der Waals surface area (Å²) in [5, 5.41) is 11.2. The number of hydrogen-bond acceptors (Lipinski definition) is 6. The van der Waals surface area contributed by atoms with Crippen molar-refractivity contribution in [3.8, 4) is 11.4 Å². The van der Waals surface area contributed by atoms with Gasteiger partial charge in [0.2, 0.25) is 0 Å². The molecule has 2 heterocycles. The second kappa shape index (κ2) is 8.93. The van der Waals surface area contributed by atoms with Gasteiger partial charge in [-0.25, -0.2) is 14.4 Å². The number of piperazine rings is 1. The van der Waals surface area contributed by atoms with E-state index in [4.69, 9.17) is 4.98 Å². The summed E-state index contributed by atoms with van der Waals surface area (Å²) in [5.41, 5.74) is 3.12. The zero-order valence-corrected chi connectivity index (χ0v) is 18.7. The fraction of sp³-hybridized carbons (Fsp3) is 0.292. The number of amides is 1. The van der Waals surface area contributed by atoms with Crippen LogP contribution in [0.5, 0.6) is 0 Å². The van der Waals surface area contributed by atoms with E-state index in [1.165, 1.54) is 18.2 Å². The third-order valence-corrected chi connectivity index (χ3v) is 5.97. The first kappa shape index (κ1) is 22.3. The van der Waals surface area contributed by atoms with Crippen molar-refractivity contribution in [2.75, 3.05) is 31.1 Å². The highest BCUT2D eigenvalue weighted by atomic mass is 19.1. The van der Waals surface area contributed by atoms with E-state index in [1.807, 2.05) is 13.8 Å². The molecule has 1 saturated heterocycles. The van der Waals surface area contributed by atoms with E-state index >= 15 is 0 Å². The van der Waals surface area contributed by atoms with E-state index in [9.17, 15) is 19.3 Å². The lowest BCUT2D eigenvalue weighted by Crippen LogP contribution is -2.49. The quantitative estimate of drug-likeness (QED) is 0.440. The van der Waals surface area contributed by atoms with Crippen molar-refractivity contribution in [1.82, 2.24) is 14.9 Å². The van der Waals surface area contributed by atoms with Gasteiger partial charge < -0.3 is 9.80 Å². The highest BCUT2D eigenvalue weighted by Crippen LogP contribution is 2.26. The Morgan fingerprint density at radius 1 is 1.03 bits per heavy atom. The highest BCUT2D eigenvalue weighted by Gasteiger charge is 2.26. The normalized spacial score (nSPS) is 13.8. The maximum atomic E-state index is 13.7. The molecule has 1 aliphatic heterocycles. The molecule has 1 aromatic heterocycles. The Kier molecular flexibility index (Phi) is 6.04. The van der Waals surface area contributed by atoms with Crippen LogP contribution in [0.2, 0.25) is 0 Å². The molecule has 170 valence electrons. The molecule has 9 heteroatoms. The van der Waals surface area contributed by atoms with Gasteiger partial charge in [-0.2, -0.15) is 0 Å². The summed E-state index contributed by atoms with van der Waals surface area (Å²) >= 11 is 0. The summed E-state index contributed by atoms with van der Waals surface area (Å²) in [4.78, 5) is 36.7. The second-order valence-electron chi connectivity index (χ2n) is 8.13. The molecule has 1 aliphatic rings. The van der Waals surface area contributed by atoms with Gasteiger partial charge in [0.05, 0.1) is 4.92 Å². The summed E-state index contributed by atoms with van der Waals surface area (Å²) in [6, 6.07) is 10.8. The number of nitro groups is 1. The van der Waals surface area contributed by atoms with Crippen LogP contribution in [-0.4, -0.2) is 51.9 Å². The van der Waals surface area contributed by atoms with Crippen LogP contribution in [0.1, 0.15) is 27.2 Å². The summed E-state index contributed by atoms with van der Waals surface area (Å²) in [5.74, 6) is 0.644. The lowest BCUT2D eigenvalue weighted by atomic mass is 10.1. The number of aromatic nitrogens is 2. The third kappa shape index (κ3) is 4.52. The van der Waals surface area contributed by atoms with E-state index in [2.05, 4.69) is 9.88 Å². The van der Waals surface area contributed by atoms with Crippen molar-refractivity contribution in [2.45, 2.75) is 20.8 Å². The average Bonchev–Trinajstić information content (AvgIpc) is 2.80. The van der Waals surface area contributed by atoms with Gasteiger partial charge in [-0.05, 0) is 39.0 Å². The van der Waals surface area contributed by atoms with Crippen LogP contribution < -0.4 is 4.90 Å². The Bertz CT molecular complexity index is 1240. The topological polar surface area (TPSA) is 92.5 Å². The molecule has 1 amide bonds. The Morgan fingerprint density at radius 3 is 2.42 bits per heavy atom. The average molecular weight is 449 g/mol. The van der Waals surface area contributed by atoms with Gasteiger partial charge >= 0.3 is 0 Å². The van der Waals surface area contributed by atoms with Crippen LogP contribution in [0.4, 0.5) is 15.9 Å². The maximum absolute atomic E-state index is 13.7. The molecule has 0 saturated carbocycles. The van der Waals surface area contributed by atoms with Crippen LogP contribution in [-0.2, 0) is 0 Å². The van der Waals surface area contributed by atoms with E-state index < -0.39 is 4.92 Å². The molecule has 0 unspecified atom stereocenters. The third-order valence-electron chi connectivity index (χ3n) is 5.97. The van der Waals surface area contributed by atoms with Gasteiger partial charge in [-0.3, -0.25) is 14.9 Å². The number of benzene rings is 2. The summed E-state index contributed by atoms with van der Waals surface area (Å²) in [6.45, 7) is 7.52. The molecule has 0 atom stereocenters. The number of hydrogen-bond donors (Lipinski definition) is 0. The molecule has 0 aliphatic carbocycles. The van der Waals surface area contributed by atoms with Crippen molar-refractivity contribution in [2.24, 2.45) is 0 Å². The molecule has 33 heavy (non-hydrogen) atoms. The van der Waals surface area contributed by atoms with E-state index in [0.717, 1.165) is 17.1 Å². The lowest BCUT2D eigenvalue weighted by molar-refractivity contribution is -0.385. The Morgan fingerprint density at radius 2 is 1.76 bits per heavy atom. The predicted octanol–water partition coefficient (Wildman–Crippen LogP) is 4.08. The van der Waals surface area contributed by atoms with Crippen LogP contribution in [0, 0.1) is 36.7 Å². The Balaban J connectivity index is 1.53. The summed E-state index contributed by atoms with van der Waals surface area (Å²) < 4.78 is 13.7. The number of rotatable bonds is 4. The summed E-state index contributed by atoms with van der Waals surface area (Å²) in [7, 11) is 0. The minimum Gasteiger partial charge on any atom is -0.353 e. The van der Waals surface area contributed by atoms with Gasteiger partial charge in [0, 0.05) is 60.2 Å². The monoisotopic (exact) mass is 449 g/mol. The van der Waals surface area contributed by atoms with Gasteiger partial charge in [0.25, 0.3) is 11.6 Å². The maximum Gasteiger partial charge on any atom is 0.273 e. The molecule has 3 aromatic rings. The molecule has 0 spiro atoms. The van der Waals surface area contributed by atoms with Gasteiger partial charge in [-0.15, -0.1) is 0 Å². The number of halogens is 1. The fourth-order valence-electron chi connectivity index (χ4n) is 3.92. The number of nitro benzene ring substituents is 1. The smallest absolute Gasteiger partial charge is 0.273 e. The number of anilines is 1. The minimum absolute atomic E-state index is 0.0588. The summed E-state index contributed by atoms with van der Waals surface area (Å²) in [6.07, 6.45) is 0. The first-order chi connectivity index (χ1) is 15.7. The van der Waals surface area contributed by atoms with Gasteiger partial charge in [-0.1, -0.05) is 18.2 Å². The largest absolute Gasteiger partial charge is 0.353 e. The van der Waals surface area contributed by atoms with E-state index in [0.29, 0.717) is 48.7 Å². The van der Waals surface area contributed by atoms with Crippen molar-refractivity contribution in [3.63, 3.8) is 0 Å². The number of nitrogens with zero attached hydrogens (tertiary/aromatic N) is 5. The highest BCUT2D eigenvalue weighted by molar-refractivity contribution is 5.95. The Labute approximate surface area is 190 Å². The van der Waals surface area contributed by atoms with Crippen LogP contribution in [0.15, 0.2) is 42.5 Å². The molecule has 2 aromatic carbocycles. The molecule has 0 bridgehead atoms. The molecule has 8 nitrogen and oxygen atoms in total. The zero-order chi connectivity index (χ0) is 23.7. The first-order valence-electron chi connectivity index (χ1n) is 10.6. The first-order valence-corrected chi connectivity index (χ1v) is 10.6. The molecule has 0 radical (unpaired) electrons. The SMILES string of the molecule is Cc1ccc(C(=O)N2CCN(c3nc(-c4cccc(F)c4)nc(C)c3C)CC2)cc1[N+](=O)[O-]. The van der Waals surface area contributed by atoms with Crippen molar-refractivity contribution in [3.05, 3.63) is 80.8 Å². The van der Waals surface area contributed by atoms with E-state index in [1.54, 1.807) is 36.1 Å². The fourth-order valence-corrected chi connectivity index (χ4v) is 3.92. The Hall–Kier alpha value is -3.88. The molecular weight excluding hydrogens is 425 g/mol. The van der Waals surface area contributed by atoms with Gasteiger partial charge in [0.15, 0.2) is 5.82 Å². The number of aryl methyl sites for hydroxylation is 2. The van der Waals surface area contributed by atoms with Crippen molar-refractivity contribution >= 4 is 17.4 Å².